The van der Waals surface area contributed by atoms with Crippen LogP contribution in [0.25, 0.3) is 0 Å². The molecule has 2 aliphatic carbocycles. The highest BCUT2D eigenvalue weighted by Crippen LogP contribution is 2.51. The number of rotatable bonds is 8. The summed E-state index contributed by atoms with van der Waals surface area (Å²) in [5.41, 5.74) is 5.36. The summed E-state index contributed by atoms with van der Waals surface area (Å²) in [5.74, 6) is -1.03. The molecule has 3 fully saturated rings. The number of benzene rings is 1. The Bertz CT molecular complexity index is 1010. The van der Waals surface area contributed by atoms with Gasteiger partial charge in [0.1, 0.15) is 6.54 Å². The number of nitrogens with one attached hydrogen (secondary N) is 1. The predicted molar refractivity (Wildman–Crippen MR) is 131 cm³/mol. The smallest absolute Gasteiger partial charge is 0.321 e. The zero-order chi connectivity index (χ0) is 25.3. The predicted octanol–water partition coefficient (Wildman–Crippen LogP) is 1.79. The standard InChI is InChI=1S/C26H36N6O3/c1-30(2)26(20-7-4-3-5-8-20)13-11-25(12-14-26)19-31(16-22(34)29-15-21(28)33)23(35)32(25)18-24(17-27)9-6-10-24/h3-5,7-8H,6,9-16,18-19H2,1-2H3,(H2,28,33)(H,29,34). The highest BCUT2D eigenvalue weighted by atomic mass is 16.2. The van der Waals surface area contributed by atoms with Gasteiger partial charge in [-0.1, -0.05) is 36.8 Å². The van der Waals surface area contributed by atoms with E-state index in [-0.39, 0.29) is 24.7 Å². The lowest BCUT2D eigenvalue weighted by atomic mass is 9.66. The van der Waals surface area contributed by atoms with E-state index in [1.807, 2.05) is 11.0 Å². The van der Waals surface area contributed by atoms with Crippen LogP contribution < -0.4 is 11.1 Å². The van der Waals surface area contributed by atoms with Crippen molar-refractivity contribution in [2.75, 3.05) is 40.3 Å². The van der Waals surface area contributed by atoms with Gasteiger partial charge in [0.05, 0.1) is 23.6 Å². The molecule has 0 radical (unpaired) electrons. The number of nitrogens with two attached hydrogens (primary N) is 1. The summed E-state index contributed by atoms with van der Waals surface area (Å²) in [6.45, 7) is 0.467. The Labute approximate surface area is 207 Å². The van der Waals surface area contributed by atoms with Crippen molar-refractivity contribution in [2.24, 2.45) is 11.1 Å². The third kappa shape index (κ3) is 4.59. The molecule has 1 aliphatic heterocycles. The van der Waals surface area contributed by atoms with Crippen LogP contribution in [0.1, 0.15) is 50.5 Å². The molecule has 0 aromatic heterocycles. The molecule has 3 N–H and O–H groups in total. The molecule has 0 unspecified atom stereocenters. The van der Waals surface area contributed by atoms with Crippen LogP contribution in [0, 0.1) is 16.7 Å². The van der Waals surface area contributed by atoms with Gasteiger partial charge in [0.25, 0.3) is 0 Å². The second kappa shape index (κ2) is 9.50. The van der Waals surface area contributed by atoms with E-state index in [9.17, 15) is 19.6 Å². The fraction of sp³-hybridized carbons (Fsp3) is 0.615. The van der Waals surface area contributed by atoms with Crippen LogP contribution in [-0.4, -0.2) is 78.4 Å². The van der Waals surface area contributed by atoms with Crippen molar-refractivity contribution in [2.45, 2.75) is 56.0 Å². The molecule has 35 heavy (non-hydrogen) atoms. The van der Waals surface area contributed by atoms with Crippen LogP contribution in [0.15, 0.2) is 30.3 Å². The van der Waals surface area contributed by atoms with E-state index in [2.05, 4.69) is 54.6 Å². The SMILES string of the molecule is CN(C)C1(c2ccccc2)CCC2(CC1)CN(CC(=O)NCC(N)=O)C(=O)N2CC1(C#N)CCC1. The summed E-state index contributed by atoms with van der Waals surface area (Å²) in [5, 5.41) is 12.4. The van der Waals surface area contributed by atoms with E-state index < -0.39 is 22.8 Å². The van der Waals surface area contributed by atoms with Gasteiger partial charge in [-0.2, -0.15) is 5.26 Å². The number of carbonyl (C=O) groups excluding carboxylic acids is 3. The van der Waals surface area contributed by atoms with Crippen molar-refractivity contribution in [1.29, 1.82) is 5.26 Å². The van der Waals surface area contributed by atoms with Gasteiger partial charge >= 0.3 is 6.03 Å². The quantitative estimate of drug-likeness (QED) is 0.587. The van der Waals surface area contributed by atoms with Gasteiger partial charge in [-0.15, -0.1) is 0 Å². The summed E-state index contributed by atoms with van der Waals surface area (Å²) in [7, 11) is 4.22. The molecule has 1 saturated heterocycles. The van der Waals surface area contributed by atoms with Crippen molar-refractivity contribution in [1.82, 2.24) is 20.0 Å². The van der Waals surface area contributed by atoms with Gasteiger partial charge in [-0.05, 0) is 58.2 Å². The Morgan fingerprint density at radius 3 is 2.29 bits per heavy atom. The van der Waals surface area contributed by atoms with Crippen molar-refractivity contribution in [3.63, 3.8) is 0 Å². The summed E-state index contributed by atoms with van der Waals surface area (Å²) in [4.78, 5) is 42.8. The minimum atomic E-state index is -0.627. The molecule has 0 bridgehead atoms. The van der Waals surface area contributed by atoms with Gasteiger partial charge in [-0.25, -0.2) is 4.79 Å². The normalized spacial score (nSPS) is 27.5. The molecule has 1 spiro atoms. The number of hydrogen-bond donors (Lipinski definition) is 2. The van der Waals surface area contributed by atoms with Gasteiger partial charge in [0.15, 0.2) is 0 Å². The van der Waals surface area contributed by atoms with Crippen LogP contribution in [-0.2, 0) is 15.1 Å². The lowest BCUT2D eigenvalue weighted by Crippen LogP contribution is -2.57. The number of carbonyl (C=O) groups is 3. The Kier molecular flexibility index (Phi) is 6.78. The molecule has 4 rings (SSSR count). The van der Waals surface area contributed by atoms with Crippen molar-refractivity contribution < 1.29 is 14.4 Å². The molecule has 1 heterocycles. The number of urea groups is 1. The Hall–Kier alpha value is -3.12. The summed E-state index contributed by atoms with van der Waals surface area (Å²) >= 11 is 0. The number of primary amides is 1. The van der Waals surface area contributed by atoms with E-state index in [0.717, 1.165) is 44.9 Å². The maximum atomic E-state index is 13.6. The van der Waals surface area contributed by atoms with E-state index in [4.69, 9.17) is 5.73 Å². The molecule has 188 valence electrons. The highest BCUT2D eigenvalue weighted by Gasteiger charge is 2.56. The maximum Gasteiger partial charge on any atom is 0.321 e. The van der Waals surface area contributed by atoms with E-state index >= 15 is 0 Å². The number of nitrogens with zero attached hydrogens (tertiary/aromatic N) is 4. The van der Waals surface area contributed by atoms with Crippen molar-refractivity contribution in [3.8, 4) is 6.07 Å². The van der Waals surface area contributed by atoms with E-state index in [1.165, 1.54) is 5.56 Å². The van der Waals surface area contributed by atoms with Crippen LogP contribution in [0.5, 0.6) is 0 Å². The minimum Gasteiger partial charge on any atom is -0.368 e. The van der Waals surface area contributed by atoms with Crippen LogP contribution in [0.3, 0.4) is 0 Å². The molecular formula is C26H36N6O3. The van der Waals surface area contributed by atoms with E-state index in [1.54, 1.807) is 4.90 Å². The van der Waals surface area contributed by atoms with Gasteiger partial charge in [-0.3, -0.25) is 14.5 Å². The summed E-state index contributed by atoms with van der Waals surface area (Å²) in [6.07, 6.45) is 5.91. The molecule has 9 heteroatoms. The Balaban J connectivity index is 1.58. The second-order valence-electron chi connectivity index (χ2n) is 10.7. The number of hydrogen-bond acceptors (Lipinski definition) is 5. The van der Waals surface area contributed by atoms with Crippen molar-refractivity contribution >= 4 is 17.8 Å². The second-order valence-corrected chi connectivity index (χ2v) is 10.7. The zero-order valence-electron chi connectivity index (χ0n) is 20.8. The highest BCUT2D eigenvalue weighted by molar-refractivity contribution is 5.88. The lowest BCUT2D eigenvalue weighted by molar-refractivity contribution is -0.125. The molecule has 3 aliphatic rings. The first-order chi connectivity index (χ1) is 16.7. The molecule has 2 saturated carbocycles. The third-order valence-electron chi connectivity index (χ3n) is 8.54. The molecule has 1 aromatic carbocycles. The van der Waals surface area contributed by atoms with Gasteiger partial charge in [0, 0.05) is 18.6 Å². The molecule has 9 nitrogen and oxygen atoms in total. The third-order valence-corrected chi connectivity index (χ3v) is 8.54. The monoisotopic (exact) mass is 480 g/mol. The van der Waals surface area contributed by atoms with E-state index in [0.29, 0.717) is 13.1 Å². The average Bonchev–Trinajstić information content (AvgIpc) is 3.06. The summed E-state index contributed by atoms with van der Waals surface area (Å²) < 4.78 is 0. The zero-order valence-corrected chi connectivity index (χ0v) is 20.8. The first-order valence-electron chi connectivity index (χ1n) is 12.4. The minimum absolute atomic E-state index is 0.124. The first kappa shape index (κ1) is 25.0. The molecule has 4 amide bonds. The fourth-order valence-corrected chi connectivity index (χ4v) is 6.17. The molecule has 1 aromatic rings. The van der Waals surface area contributed by atoms with Crippen LogP contribution in [0.4, 0.5) is 4.79 Å². The van der Waals surface area contributed by atoms with Crippen LogP contribution in [0.2, 0.25) is 0 Å². The Morgan fingerprint density at radius 2 is 1.77 bits per heavy atom. The lowest BCUT2D eigenvalue weighted by Gasteiger charge is -2.52. The summed E-state index contributed by atoms with van der Waals surface area (Å²) in [6, 6.07) is 12.8. The molecular weight excluding hydrogens is 444 g/mol. The molecule has 0 atom stereocenters. The van der Waals surface area contributed by atoms with Crippen LogP contribution >= 0.6 is 0 Å². The number of amides is 4. The number of nitriles is 1. The van der Waals surface area contributed by atoms with Crippen molar-refractivity contribution in [3.05, 3.63) is 35.9 Å². The Morgan fingerprint density at radius 1 is 1.11 bits per heavy atom. The van der Waals surface area contributed by atoms with Gasteiger partial charge in [0.2, 0.25) is 11.8 Å². The largest absolute Gasteiger partial charge is 0.368 e. The van der Waals surface area contributed by atoms with Gasteiger partial charge < -0.3 is 20.9 Å². The maximum absolute atomic E-state index is 13.6. The topological polar surface area (TPSA) is 123 Å². The average molecular weight is 481 g/mol. The fourth-order valence-electron chi connectivity index (χ4n) is 6.17. The first-order valence-corrected chi connectivity index (χ1v) is 12.4.